The Morgan fingerprint density at radius 2 is 2.26 bits per heavy atom. The molecule has 4 nitrogen and oxygen atoms in total. The van der Waals surface area contributed by atoms with Gasteiger partial charge in [-0.05, 0) is 26.0 Å². The van der Waals surface area contributed by atoms with E-state index in [0.29, 0.717) is 17.8 Å². The van der Waals surface area contributed by atoms with Crippen molar-refractivity contribution in [2.24, 2.45) is 0 Å². The van der Waals surface area contributed by atoms with Gasteiger partial charge >= 0.3 is 5.97 Å². The lowest BCUT2D eigenvalue weighted by Gasteiger charge is -2.07. The number of rotatable bonds is 3. The summed E-state index contributed by atoms with van der Waals surface area (Å²) >= 11 is 0. The number of aliphatic hydroxyl groups is 1. The maximum absolute atomic E-state index is 11.3. The molecule has 19 heavy (non-hydrogen) atoms. The molecule has 0 heterocycles. The minimum atomic E-state index is -1.03. The second-order valence-corrected chi connectivity index (χ2v) is 4.33. The summed E-state index contributed by atoms with van der Waals surface area (Å²) in [6.45, 7) is 3.36. The number of methoxy groups -OCH3 is 1. The van der Waals surface area contributed by atoms with E-state index in [1.165, 1.54) is 7.11 Å². The van der Waals surface area contributed by atoms with E-state index in [1.54, 1.807) is 26.0 Å². The monoisotopic (exact) mass is 260 g/mol. The molecule has 1 N–H and O–H groups in total. The average Bonchev–Trinajstić information content (AvgIpc) is 2.58. The van der Waals surface area contributed by atoms with Crippen LogP contribution in [0.2, 0.25) is 0 Å². The Balaban J connectivity index is 2.60. The van der Waals surface area contributed by atoms with Crippen molar-refractivity contribution >= 4 is 5.97 Å². The Kier molecular flexibility index (Phi) is 5.23. The van der Waals surface area contributed by atoms with Gasteiger partial charge in [-0.25, -0.2) is 4.79 Å². The summed E-state index contributed by atoms with van der Waals surface area (Å²) in [6, 6.07) is 0. The molecule has 0 aromatic heterocycles. The third-order valence-electron chi connectivity index (χ3n) is 2.05. The van der Waals surface area contributed by atoms with Crippen LogP contribution in [-0.4, -0.2) is 30.4 Å². The van der Waals surface area contributed by atoms with E-state index >= 15 is 0 Å². The van der Waals surface area contributed by atoms with Crippen LogP contribution in [0.1, 0.15) is 20.3 Å². The second-order valence-electron chi connectivity index (χ2n) is 4.33. The first-order chi connectivity index (χ1) is 8.92. The van der Waals surface area contributed by atoms with Crippen molar-refractivity contribution in [1.29, 1.82) is 0 Å². The zero-order valence-electron chi connectivity index (χ0n) is 11.2. The minimum Gasteiger partial charge on any atom is -0.484 e. The first-order valence-corrected chi connectivity index (χ1v) is 5.75. The highest BCUT2D eigenvalue weighted by Crippen LogP contribution is 2.09. The molecule has 1 aliphatic rings. The number of ether oxygens (including phenoxy) is 2. The first-order valence-electron chi connectivity index (χ1n) is 5.75. The third kappa shape index (κ3) is 5.81. The van der Waals surface area contributed by atoms with Crippen molar-refractivity contribution in [3.63, 3.8) is 0 Å². The van der Waals surface area contributed by atoms with Crippen LogP contribution >= 0.6 is 0 Å². The van der Waals surface area contributed by atoms with Crippen molar-refractivity contribution in [2.75, 3.05) is 13.7 Å². The Labute approximate surface area is 113 Å². The van der Waals surface area contributed by atoms with Crippen LogP contribution in [-0.2, 0) is 14.3 Å². The summed E-state index contributed by atoms with van der Waals surface area (Å²) in [4.78, 5) is 11.3. The van der Waals surface area contributed by atoms with E-state index in [0.717, 1.165) is 0 Å². The molecular formula is C15H16O4. The average molecular weight is 260 g/mol. The van der Waals surface area contributed by atoms with E-state index in [2.05, 4.69) is 28.4 Å². The Hall–Kier alpha value is -2.17. The number of esters is 1. The van der Waals surface area contributed by atoms with Gasteiger partial charge in [0.2, 0.25) is 0 Å². The molecule has 1 rings (SSSR count). The molecule has 0 fully saturated rings. The maximum Gasteiger partial charge on any atom is 0.346 e. The molecule has 0 aromatic carbocycles. The Morgan fingerprint density at radius 3 is 2.89 bits per heavy atom. The molecule has 0 radical (unpaired) electrons. The van der Waals surface area contributed by atoms with Gasteiger partial charge in [0.05, 0.1) is 13.5 Å². The minimum absolute atomic E-state index is 0.166. The first kappa shape index (κ1) is 14.9. The summed E-state index contributed by atoms with van der Waals surface area (Å²) in [5.74, 6) is 11.0. The van der Waals surface area contributed by atoms with Gasteiger partial charge in [0.1, 0.15) is 23.5 Å². The predicted molar refractivity (Wildman–Crippen MR) is 70.6 cm³/mol. The number of carbonyl (C=O) groups is 1. The summed E-state index contributed by atoms with van der Waals surface area (Å²) in [6.07, 6.45) is 3.62. The third-order valence-corrected chi connectivity index (χ3v) is 2.05. The summed E-state index contributed by atoms with van der Waals surface area (Å²) < 4.78 is 9.98. The Morgan fingerprint density at radius 1 is 1.53 bits per heavy atom. The fraction of sp³-hybridized carbons (Fsp3) is 0.400. The van der Waals surface area contributed by atoms with Crippen molar-refractivity contribution in [3.05, 3.63) is 23.5 Å². The molecule has 0 atom stereocenters. The van der Waals surface area contributed by atoms with Gasteiger partial charge in [-0.1, -0.05) is 23.7 Å². The van der Waals surface area contributed by atoms with Crippen LogP contribution in [0.15, 0.2) is 23.5 Å². The Bertz CT molecular complexity index is 524. The van der Waals surface area contributed by atoms with Crippen LogP contribution in [0.25, 0.3) is 0 Å². The van der Waals surface area contributed by atoms with Gasteiger partial charge < -0.3 is 14.6 Å². The lowest BCUT2D eigenvalue weighted by molar-refractivity contribution is -0.135. The molecule has 0 amide bonds. The maximum atomic E-state index is 11.3. The summed E-state index contributed by atoms with van der Waals surface area (Å²) in [5.41, 5.74) is -0.734. The van der Waals surface area contributed by atoms with Crippen LogP contribution in [0.3, 0.4) is 0 Å². The molecule has 0 saturated carbocycles. The molecule has 4 heteroatoms. The lowest BCUT2D eigenvalue weighted by Crippen LogP contribution is -2.14. The summed E-state index contributed by atoms with van der Waals surface area (Å²) in [5, 5.41) is 9.40. The highest BCUT2D eigenvalue weighted by atomic mass is 16.5. The normalized spacial score (nSPS) is 13.7. The molecule has 0 saturated heterocycles. The van der Waals surface area contributed by atoms with Crippen LogP contribution < -0.4 is 0 Å². The lowest BCUT2D eigenvalue weighted by atomic mass is 10.1. The van der Waals surface area contributed by atoms with Crippen LogP contribution in [0, 0.1) is 23.7 Å². The zero-order chi connectivity index (χ0) is 14.3. The van der Waals surface area contributed by atoms with Gasteiger partial charge in [-0.3, -0.25) is 0 Å². The van der Waals surface area contributed by atoms with Gasteiger partial charge in [-0.2, -0.15) is 0 Å². The number of hydrogen-bond donors (Lipinski definition) is 1. The van der Waals surface area contributed by atoms with E-state index in [-0.39, 0.29) is 6.61 Å². The topological polar surface area (TPSA) is 55.8 Å². The second kappa shape index (κ2) is 6.68. The molecule has 0 aliphatic heterocycles. The largest absolute Gasteiger partial charge is 0.484 e. The smallest absolute Gasteiger partial charge is 0.346 e. The van der Waals surface area contributed by atoms with Crippen molar-refractivity contribution in [2.45, 2.75) is 25.9 Å². The van der Waals surface area contributed by atoms with E-state index in [1.807, 2.05) is 0 Å². The van der Waals surface area contributed by atoms with E-state index in [9.17, 15) is 9.90 Å². The fourth-order valence-electron chi connectivity index (χ4n) is 1.21. The molecular weight excluding hydrogens is 244 g/mol. The molecule has 100 valence electrons. The summed E-state index contributed by atoms with van der Waals surface area (Å²) in [7, 11) is 1.31. The number of hydrogen-bond acceptors (Lipinski definition) is 4. The quantitative estimate of drug-likeness (QED) is 0.611. The van der Waals surface area contributed by atoms with Gasteiger partial charge in [-0.15, -0.1) is 0 Å². The van der Waals surface area contributed by atoms with Gasteiger partial charge in [0, 0.05) is 0 Å². The van der Waals surface area contributed by atoms with Crippen molar-refractivity contribution in [3.8, 4) is 23.7 Å². The molecule has 0 unspecified atom stereocenters. The standard InChI is InChI=1S/C15H16O4/c1-15(2,17)10-5-11-19-13-7-4-6-12(8-9-13)14(16)18-3/h8-9,17H,7,11H2,1-3H3. The molecule has 1 aliphatic carbocycles. The van der Waals surface area contributed by atoms with Crippen LogP contribution in [0.4, 0.5) is 0 Å². The molecule has 0 aromatic rings. The van der Waals surface area contributed by atoms with Gasteiger partial charge in [0.15, 0.2) is 0 Å². The highest BCUT2D eigenvalue weighted by molar-refractivity contribution is 5.93. The number of carbonyl (C=O) groups excluding carboxylic acids is 1. The highest BCUT2D eigenvalue weighted by Gasteiger charge is 2.08. The zero-order valence-corrected chi connectivity index (χ0v) is 11.2. The molecule has 0 bridgehead atoms. The fourth-order valence-corrected chi connectivity index (χ4v) is 1.21. The van der Waals surface area contributed by atoms with E-state index < -0.39 is 11.6 Å². The van der Waals surface area contributed by atoms with Crippen molar-refractivity contribution < 1.29 is 19.4 Å². The number of allylic oxidation sites excluding steroid dienone is 3. The van der Waals surface area contributed by atoms with E-state index in [4.69, 9.17) is 4.74 Å². The van der Waals surface area contributed by atoms with Gasteiger partial charge in [0.25, 0.3) is 0 Å². The molecule has 0 spiro atoms. The van der Waals surface area contributed by atoms with Crippen LogP contribution in [0.5, 0.6) is 0 Å². The predicted octanol–water partition coefficient (Wildman–Crippen LogP) is 1.17. The SMILES string of the molecule is COC(=O)C1=CC=C(OCC#CC(C)(C)O)CC#C1. The van der Waals surface area contributed by atoms with Crippen molar-refractivity contribution in [1.82, 2.24) is 0 Å².